The van der Waals surface area contributed by atoms with Gasteiger partial charge >= 0.3 is 12.0 Å². The van der Waals surface area contributed by atoms with Gasteiger partial charge in [-0.2, -0.15) is 0 Å². The summed E-state index contributed by atoms with van der Waals surface area (Å²) >= 11 is 0. The molecule has 1 aromatic rings. The molecule has 0 aromatic heterocycles. The van der Waals surface area contributed by atoms with Crippen LogP contribution in [0.2, 0.25) is 0 Å². The van der Waals surface area contributed by atoms with Crippen LogP contribution in [0.1, 0.15) is 24.2 Å². The van der Waals surface area contributed by atoms with Crippen molar-refractivity contribution in [3.8, 4) is 0 Å². The molecule has 3 N–H and O–H groups in total. The van der Waals surface area contributed by atoms with Crippen molar-refractivity contribution < 1.29 is 19.4 Å². The quantitative estimate of drug-likeness (QED) is 0.734. The van der Waals surface area contributed by atoms with E-state index in [4.69, 9.17) is 9.84 Å². The van der Waals surface area contributed by atoms with Gasteiger partial charge in [-0.1, -0.05) is 0 Å². The molecule has 0 fully saturated rings. The molecule has 0 bridgehead atoms. The number of carbonyl (C=O) groups excluding carboxylic acids is 1. The van der Waals surface area contributed by atoms with Crippen LogP contribution in [0.15, 0.2) is 24.3 Å². The van der Waals surface area contributed by atoms with Gasteiger partial charge in [-0.15, -0.1) is 0 Å². The molecule has 104 valence electrons. The van der Waals surface area contributed by atoms with Crippen molar-refractivity contribution in [1.82, 2.24) is 5.32 Å². The van der Waals surface area contributed by atoms with Crippen LogP contribution < -0.4 is 10.6 Å². The number of aromatic carboxylic acids is 1. The molecule has 0 aliphatic carbocycles. The monoisotopic (exact) mass is 266 g/mol. The minimum atomic E-state index is -0.999. The minimum absolute atomic E-state index is 0.0508. The molecular weight excluding hydrogens is 248 g/mol. The molecule has 0 heterocycles. The Balaban J connectivity index is 2.42. The maximum absolute atomic E-state index is 11.5. The summed E-state index contributed by atoms with van der Waals surface area (Å²) in [7, 11) is 0. The van der Waals surface area contributed by atoms with Crippen LogP contribution in [0.25, 0.3) is 0 Å². The summed E-state index contributed by atoms with van der Waals surface area (Å²) in [5.74, 6) is -0.999. The number of amides is 2. The number of carboxylic acids is 1. The molecule has 0 saturated heterocycles. The van der Waals surface area contributed by atoms with Gasteiger partial charge in [-0.05, 0) is 38.1 Å². The summed E-state index contributed by atoms with van der Waals surface area (Å²) < 4.78 is 5.28. The third kappa shape index (κ3) is 5.39. The molecular formula is C13H18N2O4. The Morgan fingerprint density at radius 3 is 2.47 bits per heavy atom. The van der Waals surface area contributed by atoms with E-state index in [1.807, 2.05) is 13.8 Å². The predicted molar refractivity (Wildman–Crippen MR) is 71.5 cm³/mol. The van der Waals surface area contributed by atoms with Crippen LogP contribution in [-0.2, 0) is 4.74 Å². The van der Waals surface area contributed by atoms with E-state index >= 15 is 0 Å². The molecule has 6 heteroatoms. The minimum Gasteiger partial charge on any atom is -0.478 e. The third-order valence-corrected chi connectivity index (χ3v) is 2.39. The average molecular weight is 266 g/mol. The van der Waals surface area contributed by atoms with E-state index in [9.17, 15) is 9.59 Å². The molecule has 2 amide bonds. The predicted octanol–water partition coefficient (Wildman–Crippen LogP) is 1.93. The van der Waals surface area contributed by atoms with Gasteiger partial charge in [-0.25, -0.2) is 9.59 Å². The van der Waals surface area contributed by atoms with E-state index in [0.717, 1.165) is 0 Å². The fourth-order valence-corrected chi connectivity index (χ4v) is 1.45. The second-order valence-corrected chi connectivity index (χ2v) is 3.98. The number of rotatable bonds is 6. The van der Waals surface area contributed by atoms with Crippen molar-refractivity contribution in [3.05, 3.63) is 29.8 Å². The standard InChI is InChI=1S/C13H18N2O4/c1-3-19-9(2)8-14-13(18)15-11-6-4-10(5-7-11)12(16)17/h4-7,9H,3,8H2,1-2H3,(H,16,17)(H2,14,15,18). The molecule has 0 saturated carbocycles. The topological polar surface area (TPSA) is 87.7 Å². The smallest absolute Gasteiger partial charge is 0.335 e. The summed E-state index contributed by atoms with van der Waals surface area (Å²) in [6.45, 7) is 4.76. The Hall–Kier alpha value is -2.08. The number of carbonyl (C=O) groups is 2. The van der Waals surface area contributed by atoms with Gasteiger partial charge in [0, 0.05) is 18.8 Å². The maximum Gasteiger partial charge on any atom is 0.335 e. The molecule has 6 nitrogen and oxygen atoms in total. The summed E-state index contributed by atoms with van der Waals surface area (Å²) in [5.41, 5.74) is 0.711. The second-order valence-electron chi connectivity index (χ2n) is 3.98. The summed E-state index contributed by atoms with van der Waals surface area (Å²) in [4.78, 5) is 22.2. The van der Waals surface area contributed by atoms with Crippen molar-refractivity contribution >= 4 is 17.7 Å². The molecule has 0 aliphatic heterocycles. The van der Waals surface area contributed by atoms with Gasteiger partial charge in [0.2, 0.25) is 0 Å². The van der Waals surface area contributed by atoms with Crippen LogP contribution in [-0.4, -0.2) is 36.4 Å². The lowest BCUT2D eigenvalue weighted by molar-refractivity contribution is 0.0696. The van der Waals surface area contributed by atoms with Gasteiger partial charge in [0.05, 0.1) is 11.7 Å². The first kappa shape index (κ1) is 15.0. The third-order valence-electron chi connectivity index (χ3n) is 2.39. The Morgan fingerprint density at radius 2 is 1.95 bits per heavy atom. The number of urea groups is 1. The molecule has 0 spiro atoms. The zero-order chi connectivity index (χ0) is 14.3. The van der Waals surface area contributed by atoms with Crippen LogP contribution in [0.4, 0.5) is 10.5 Å². The van der Waals surface area contributed by atoms with Gasteiger partial charge in [-0.3, -0.25) is 0 Å². The number of hydrogen-bond donors (Lipinski definition) is 3. The first-order chi connectivity index (χ1) is 9.02. The van der Waals surface area contributed by atoms with E-state index in [1.54, 1.807) is 0 Å². The Bertz CT molecular complexity index is 431. The van der Waals surface area contributed by atoms with Crippen LogP contribution in [0.3, 0.4) is 0 Å². The largest absolute Gasteiger partial charge is 0.478 e. The first-order valence-corrected chi connectivity index (χ1v) is 6.02. The highest BCUT2D eigenvalue weighted by atomic mass is 16.5. The van der Waals surface area contributed by atoms with E-state index < -0.39 is 5.97 Å². The lowest BCUT2D eigenvalue weighted by Crippen LogP contribution is -2.35. The number of anilines is 1. The SMILES string of the molecule is CCOC(C)CNC(=O)Nc1ccc(C(=O)O)cc1. The molecule has 0 radical (unpaired) electrons. The van der Waals surface area contributed by atoms with E-state index in [0.29, 0.717) is 18.8 Å². The van der Waals surface area contributed by atoms with E-state index in [-0.39, 0.29) is 17.7 Å². The molecule has 1 unspecified atom stereocenters. The van der Waals surface area contributed by atoms with Crippen LogP contribution in [0, 0.1) is 0 Å². The van der Waals surface area contributed by atoms with E-state index in [1.165, 1.54) is 24.3 Å². The lowest BCUT2D eigenvalue weighted by atomic mass is 10.2. The molecule has 1 atom stereocenters. The van der Waals surface area contributed by atoms with Crippen molar-refractivity contribution in [2.24, 2.45) is 0 Å². The second kappa shape index (κ2) is 7.38. The normalized spacial score (nSPS) is 11.7. The number of nitrogens with one attached hydrogen (secondary N) is 2. The summed E-state index contributed by atoms with van der Waals surface area (Å²) in [5, 5.41) is 14.0. The molecule has 0 aliphatic rings. The maximum atomic E-state index is 11.5. The molecule has 1 rings (SSSR count). The molecule has 19 heavy (non-hydrogen) atoms. The van der Waals surface area contributed by atoms with Gasteiger partial charge < -0.3 is 20.5 Å². The number of hydrogen-bond acceptors (Lipinski definition) is 3. The summed E-state index contributed by atoms with van der Waals surface area (Å²) in [6, 6.07) is 5.58. The van der Waals surface area contributed by atoms with Gasteiger partial charge in [0.15, 0.2) is 0 Å². The highest BCUT2D eigenvalue weighted by molar-refractivity contribution is 5.91. The zero-order valence-electron chi connectivity index (χ0n) is 11.0. The fraction of sp³-hybridized carbons (Fsp3) is 0.385. The van der Waals surface area contributed by atoms with Crippen molar-refractivity contribution in [1.29, 1.82) is 0 Å². The number of benzene rings is 1. The Labute approximate surface area is 111 Å². The van der Waals surface area contributed by atoms with Crippen LogP contribution >= 0.6 is 0 Å². The number of carboxylic acid groups (broad SMARTS) is 1. The van der Waals surface area contributed by atoms with Gasteiger partial charge in [0.25, 0.3) is 0 Å². The highest BCUT2D eigenvalue weighted by Gasteiger charge is 2.06. The first-order valence-electron chi connectivity index (χ1n) is 6.02. The number of ether oxygens (including phenoxy) is 1. The van der Waals surface area contributed by atoms with Gasteiger partial charge in [0.1, 0.15) is 0 Å². The molecule has 1 aromatic carbocycles. The van der Waals surface area contributed by atoms with E-state index in [2.05, 4.69) is 10.6 Å². The van der Waals surface area contributed by atoms with Crippen LogP contribution in [0.5, 0.6) is 0 Å². The van der Waals surface area contributed by atoms with Crippen molar-refractivity contribution in [3.63, 3.8) is 0 Å². The Morgan fingerprint density at radius 1 is 1.32 bits per heavy atom. The summed E-state index contributed by atoms with van der Waals surface area (Å²) in [6.07, 6.45) is -0.0508. The Kier molecular flexibility index (Phi) is 5.81. The zero-order valence-corrected chi connectivity index (χ0v) is 11.0. The fourth-order valence-electron chi connectivity index (χ4n) is 1.45. The highest BCUT2D eigenvalue weighted by Crippen LogP contribution is 2.09. The van der Waals surface area contributed by atoms with Crippen molar-refractivity contribution in [2.75, 3.05) is 18.5 Å². The average Bonchev–Trinajstić information content (AvgIpc) is 2.37. The lowest BCUT2D eigenvalue weighted by Gasteiger charge is -2.13. The van der Waals surface area contributed by atoms with Crippen molar-refractivity contribution in [2.45, 2.75) is 20.0 Å².